The van der Waals surface area contributed by atoms with Crippen molar-refractivity contribution in [2.75, 3.05) is 57.6 Å². The molecular weight excluding hydrogens is 294 g/mol. The van der Waals surface area contributed by atoms with Gasteiger partial charge in [-0.1, -0.05) is 11.6 Å². The summed E-state index contributed by atoms with van der Waals surface area (Å²) in [5.41, 5.74) is 7.07. The number of nitrogen functional groups attached to an aromatic ring is 1. The Bertz CT molecular complexity index is 504. The van der Waals surface area contributed by atoms with Gasteiger partial charge in [0.1, 0.15) is 0 Å². The summed E-state index contributed by atoms with van der Waals surface area (Å²) in [6.07, 6.45) is 0. The highest BCUT2D eigenvalue weighted by molar-refractivity contribution is 6.34. The zero-order chi connectivity index (χ0) is 15.2. The Labute approximate surface area is 129 Å². The molecule has 1 heterocycles. The van der Waals surface area contributed by atoms with E-state index < -0.39 is 5.97 Å². The molecule has 0 aliphatic carbocycles. The molecule has 1 aromatic rings. The molecule has 0 saturated carbocycles. The molecule has 0 aromatic heterocycles. The first-order chi connectivity index (χ1) is 10.1. The average molecular weight is 314 g/mol. The highest BCUT2D eigenvalue weighted by Gasteiger charge is 2.16. The molecule has 6 nitrogen and oxygen atoms in total. The molecule has 1 aromatic carbocycles. The molecule has 116 valence electrons. The molecule has 21 heavy (non-hydrogen) atoms. The van der Waals surface area contributed by atoms with E-state index in [0.717, 1.165) is 32.8 Å². The third kappa shape index (κ3) is 4.23. The molecule has 1 saturated heterocycles. The zero-order valence-corrected chi connectivity index (χ0v) is 12.8. The fourth-order valence-corrected chi connectivity index (χ4v) is 2.54. The summed E-state index contributed by atoms with van der Waals surface area (Å²) in [5.74, 6) is -0.460. The number of nitrogens with zero attached hydrogens (tertiary/aromatic N) is 1. The third-order valence-corrected chi connectivity index (χ3v) is 3.65. The van der Waals surface area contributed by atoms with Gasteiger partial charge in [0.2, 0.25) is 0 Å². The van der Waals surface area contributed by atoms with Crippen LogP contribution in [0, 0.1) is 0 Å². The molecule has 0 unspecified atom stereocenters. The number of nitrogens with two attached hydrogens (primary N) is 1. The topological polar surface area (TPSA) is 76.8 Å². The van der Waals surface area contributed by atoms with Crippen molar-refractivity contribution in [2.45, 2.75) is 0 Å². The Morgan fingerprint density at radius 3 is 2.86 bits per heavy atom. The van der Waals surface area contributed by atoms with Crippen LogP contribution >= 0.6 is 11.6 Å². The van der Waals surface area contributed by atoms with E-state index >= 15 is 0 Å². The predicted molar refractivity (Wildman–Crippen MR) is 83.0 cm³/mol. The molecule has 1 aliphatic rings. The van der Waals surface area contributed by atoms with Crippen LogP contribution in [0.4, 0.5) is 11.4 Å². The van der Waals surface area contributed by atoms with Crippen molar-refractivity contribution in [3.05, 3.63) is 22.7 Å². The molecule has 0 spiro atoms. The lowest BCUT2D eigenvalue weighted by Gasteiger charge is -2.26. The van der Waals surface area contributed by atoms with Crippen LogP contribution in [0.1, 0.15) is 10.4 Å². The van der Waals surface area contributed by atoms with Crippen LogP contribution in [0.3, 0.4) is 0 Å². The minimum atomic E-state index is -0.460. The summed E-state index contributed by atoms with van der Waals surface area (Å²) in [6, 6.07) is 3.18. The molecule has 7 heteroatoms. The second-order valence-corrected chi connectivity index (χ2v) is 5.20. The SMILES string of the molecule is COC(=O)c1cc(N)cc(Cl)c1NCCN1CCOCC1. The first kappa shape index (κ1) is 15.9. The first-order valence-corrected chi connectivity index (χ1v) is 7.21. The van der Waals surface area contributed by atoms with Gasteiger partial charge in [0.05, 0.1) is 36.6 Å². The number of rotatable bonds is 5. The van der Waals surface area contributed by atoms with Crippen LogP contribution < -0.4 is 11.1 Å². The standard InChI is InChI=1S/C14H20ClN3O3/c1-20-14(19)11-8-10(16)9-12(15)13(11)17-2-3-18-4-6-21-7-5-18/h8-9,17H,2-7,16H2,1H3. The molecule has 0 radical (unpaired) electrons. The van der Waals surface area contributed by atoms with E-state index in [9.17, 15) is 4.79 Å². The fourth-order valence-electron chi connectivity index (χ4n) is 2.24. The van der Waals surface area contributed by atoms with E-state index in [-0.39, 0.29) is 0 Å². The average Bonchev–Trinajstić information content (AvgIpc) is 2.49. The van der Waals surface area contributed by atoms with Crippen molar-refractivity contribution < 1.29 is 14.3 Å². The van der Waals surface area contributed by atoms with E-state index in [1.54, 1.807) is 12.1 Å². The van der Waals surface area contributed by atoms with E-state index in [0.29, 0.717) is 28.5 Å². The number of anilines is 2. The number of carbonyl (C=O) groups excluding carboxylic acids is 1. The number of hydrogen-bond donors (Lipinski definition) is 2. The number of carbonyl (C=O) groups is 1. The molecule has 0 bridgehead atoms. The van der Waals surface area contributed by atoms with Gasteiger partial charge < -0.3 is 20.5 Å². The van der Waals surface area contributed by atoms with Crippen LogP contribution in [0.2, 0.25) is 5.02 Å². The Kier molecular flexibility index (Phi) is 5.67. The summed E-state index contributed by atoms with van der Waals surface area (Å²) in [7, 11) is 1.33. The van der Waals surface area contributed by atoms with Crippen molar-refractivity contribution in [1.82, 2.24) is 4.90 Å². The fraction of sp³-hybridized carbons (Fsp3) is 0.500. The van der Waals surface area contributed by atoms with E-state index in [2.05, 4.69) is 10.2 Å². The summed E-state index contributed by atoms with van der Waals surface area (Å²) in [4.78, 5) is 14.1. The molecular formula is C14H20ClN3O3. The lowest BCUT2D eigenvalue weighted by atomic mass is 10.1. The minimum Gasteiger partial charge on any atom is -0.465 e. The molecule has 0 amide bonds. The Balaban J connectivity index is 2.02. The van der Waals surface area contributed by atoms with Crippen LogP contribution in [-0.4, -0.2) is 57.4 Å². The third-order valence-electron chi connectivity index (χ3n) is 3.35. The van der Waals surface area contributed by atoms with Gasteiger partial charge in [0.25, 0.3) is 0 Å². The lowest BCUT2D eigenvalue weighted by Crippen LogP contribution is -2.39. The Morgan fingerprint density at radius 1 is 1.48 bits per heavy atom. The number of esters is 1. The highest BCUT2D eigenvalue weighted by Crippen LogP contribution is 2.29. The lowest BCUT2D eigenvalue weighted by molar-refractivity contribution is 0.0398. The Morgan fingerprint density at radius 2 is 2.19 bits per heavy atom. The number of ether oxygens (including phenoxy) is 2. The minimum absolute atomic E-state index is 0.351. The van der Waals surface area contributed by atoms with Gasteiger partial charge in [0.15, 0.2) is 0 Å². The van der Waals surface area contributed by atoms with E-state index in [1.165, 1.54) is 7.11 Å². The number of halogens is 1. The maximum Gasteiger partial charge on any atom is 0.340 e. The molecule has 1 aliphatic heterocycles. The summed E-state index contributed by atoms with van der Waals surface area (Å²) in [5, 5.41) is 3.61. The van der Waals surface area contributed by atoms with Crippen molar-refractivity contribution in [1.29, 1.82) is 0 Å². The molecule has 0 atom stereocenters. The number of nitrogens with one attached hydrogen (secondary N) is 1. The smallest absolute Gasteiger partial charge is 0.340 e. The first-order valence-electron chi connectivity index (χ1n) is 6.83. The van der Waals surface area contributed by atoms with Crippen LogP contribution in [-0.2, 0) is 9.47 Å². The summed E-state index contributed by atoms with van der Waals surface area (Å²) >= 11 is 6.17. The van der Waals surface area contributed by atoms with Gasteiger partial charge in [-0.2, -0.15) is 0 Å². The summed E-state index contributed by atoms with van der Waals surface area (Å²) in [6.45, 7) is 4.88. The van der Waals surface area contributed by atoms with Crippen molar-refractivity contribution in [3.8, 4) is 0 Å². The maximum atomic E-state index is 11.8. The van der Waals surface area contributed by atoms with Gasteiger partial charge in [-0.05, 0) is 12.1 Å². The normalized spacial score (nSPS) is 15.7. The Hall–Kier alpha value is -1.50. The molecule has 3 N–H and O–H groups in total. The van der Waals surface area contributed by atoms with Crippen LogP contribution in [0.15, 0.2) is 12.1 Å². The van der Waals surface area contributed by atoms with Crippen molar-refractivity contribution in [2.24, 2.45) is 0 Å². The van der Waals surface area contributed by atoms with E-state index in [1.807, 2.05) is 0 Å². The number of morpholine rings is 1. The monoisotopic (exact) mass is 313 g/mol. The van der Waals surface area contributed by atoms with Crippen molar-refractivity contribution >= 4 is 28.9 Å². The summed E-state index contributed by atoms with van der Waals surface area (Å²) < 4.78 is 10.1. The number of benzene rings is 1. The zero-order valence-electron chi connectivity index (χ0n) is 12.0. The number of methoxy groups -OCH3 is 1. The van der Waals surface area contributed by atoms with Gasteiger partial charge in [-0.25, -0.2) is 4.79 Å². The highest BCUT2D eigenvalue weighted by atomic mass is 35.5. The largest absolute Gasteiger partial charge is 0.465 e. The maximum absolute atomic E-state index is 11.8. The van der Waals surface area contributed by atoms with Gasteiger partial charge in [-0.15, -0.1) is 0 Å². The predicted octanol–water partition coefficient (Wildman–Crippen LogP) is 1.45. The van der Waals surface area contributed by atoms with Gasteiger partial charge in [0, 0.05) is 31.9 Å². The quantitative estimate of drug-likeness (QED) is 0.633. The van der Waals surface area contributed by atoms with Crippen molar-refractivity contribution in [3.63, 3.8) is 0 Å². The molecule has 2 rings (SSSR count). The second-order valence-electron chi connectivity index (χ2n) is 4.80. The van der Waals surface area contributed by atoms with Gasteiger partial charge >= 0.3 is 5.97 Å². The van der Waals surface area contributed by atoms with Gasteiger partial charge in [-0.3, -0.25) is 4.90 Å². The van der Waals surface area contributed by atoms with Crippen LogP contribution in [0.25, 0.3) is 0 Å². The molecule has 1 fully saturated rings. The van der Waals surface area contributed by atoms with Crippen LogP contribution in [0.5, 0.6) is 0 Å². The number of hydrogen-bond acceptors (Lipinski definition) is 6. The second kappa shape index (κ2) is 7.49. The van der Waals surface area contributed by atoms with E-state index in [4.69, 9.17) is 26.8 Å².